The van der Waals surface area contributed by atoms with E-state index in [9.17, 15) is 33.4 Å². The van der Waals surface area contributed by atoms with Gasteiger partial charge in [-0.3, -0.25) is 20.2 Å². The number of benzene rings is 1. The van der Waals surface area contributed by atoms with E-state index in [-0.39, 0.29) is 12.6 Å². The summed E-state index contributed by atoms with van der Waals surface area (Å²) >= 11 is 0. The van der Waals surface area contributed by atoms with Crippen LogP contribution in [0.3, 0.4) is 0 Å². The molecule has 1 rings (SSSR count). The van der Waals surface area contributed by atoms with Crippen molar-refractivity contribution >= 4 is 22.7 Å². The Hall–Kier alpha value is -2.59. The molecule has 8 nitrogen and oxygen atoms in total. The van der Waals surface area contributed by atoms with Crippen molar-refractivity contribution in [2.24, 2.45) is 0 Å². The minimum atomic E-state index is -5.04. The lowest BCUT2D eigenvalue weighted by Gasteiger charge is -2.13. The van der Waals surface area contributed by atoms with E-state index in [2.05, 4.69) is 5.32 Å². The number of nitrogens with zero attached hydrogens (tertiary/aromatic N) is 2. The fraction of sp³-hybridized carbons (Fsp3) is 0.400. The average Bonchev–Trinajstić information content (AvgIpc) is 2.33. The summed E-state index contributed by atoms with van der Waals surface area (Å²) in [6.07, 6.45) is -4.59. The topological polar surface area (TPSA) is 124 Å². The number of nitro groups is 2. The standard InChI is InChI=1S/C10H11F3N4O4/c1-2-3-15-8-6(16(18)19)4-5(10(11,12)13)7(14)9(8)17(20)21/h4,15H,2-3,14H2,1H3. The van der Waals surface area contributed by atoms with Gasteiger partial charge in [-0.1, -0.05) is 6.92 Å². The van der Waals surface area contributed by atoms with E-state index in [1.807, 2.05) is 0 Å². The molecule has 0 bridgehead atoms. The van der Waals surface area contributed by atoms with E-state index < -0.39 is 44.3 Å². The third kappa shape index (κ3) is 3.30. The number of hydrogen-bond acceptors (Lipinski definition) is 6. The molecule has 0 aliphatic carbocycles. The van der Waals surface area contributed by atoms with Gasteiger partial charge in [0.05, 0.1) is 15.4 Å². The Morgan fingerprint density at radius 1 is 1.29 bits per heavy atom. The summed E-state index contributed by atoms with van der Waals surface area (Å²) in [6, 6.07) is 0.195. The van der Waals surface area contributed by atoms with Gasteiger partial charge >= 0.3 is 11.9 Å². The number of nitrogen functional groups attached to an aromatic ring is 1. The van der Waals surface area contributed by atoms with Gasteiger partial charge in [0, 0.05) is 12.6 Å². The predicted molar refractivity (Wildman–Crippen MR) is 67.9 cm³/mol. The number of hydrogen-bond donors (Lipinski definition) is 2. The van der Waals surface area contributed by atoms with E-state index in [1.165, 1.54) is 0 Å². The maximum Gasteiger partial charge on any atom is 0.418 e. The van der Waals surface area contributed by atoms with Crippen LogP contribution in [0.4, 0.5) is 35.9 Å². The smallest absolute Gasteiger partial charge is 0.393 e. The van der Waals surface area contributed by atoms with Crippen molar-refractivity contribution in [2.75, 3.05) is 17.6 Å². The predicted octanol–water partition coefficient (Wildman–Crippen LogP) is 2.93. The zero-order valence-electron chi connectivity index (χ0n) is 10.7. The van der Waals surface area contributed by atoms with Crippen molar-refractivity contribution < 1.29 is 23.0 Å². The molecule has 11 heteroatoms. The molecule has 0 radical (unpaired) electrons. The molecule has 0 saturated carbocycles. The molecule has 21 heavy (non-hydrogen) atoms. The molecule has 0 spiro atoms. The summed E-state index contributed by atoms with van der Waals surface area (Å²) in [5.74, 6) is 0. The second-order valence-corrected chi connectivity index (χ2v) is 4.02. The van der Waals surface area contributed by atoms with Gasteiger partial charge in [-0.25, -0.2) is 0 Å². The van der Waals surface area contributed by atoms with Crippen LogP contribution < -0.4 is 11.1 Å². The first-order valence-corrected chi connectivity index (χ1v) is 5.67. The van der Waals surface area contributed by atoms with Gasteiger partial charge in [0.15, 0.2) is 5.69 Å². The highest BCUT2D eigenvalue weighted by Crippen LogP contribution is 2.46. The molecule has 0 aliphatic heterocycles. The molecule has 3 N–H and O–H groups in total. The normalized spacial score (nSPS) is 11.2. The molecule has 116 valence electrons. The first kappa shape index (κ1) is 16.5. The van der Waals surface area contributed by atoms with Crippen molar-refractivity contribution in [3.05, 3.63) is 31.9 Å². The summed E-state index contributed by atoms with van der Waals surface area (Å²) in [7, 11) is 0. The largest absolute Gasteiger partial charge is 0.418 e. The fourth-order valence-electron chi connectivity index (χ4n) is 1.66. The van der Waals surface area contributed by atoms with Crippen LogP contribution in [0.2, 0.25) is 0 Å². The van der Waals surface area contributed by atoms with Gasteiger partial charge < -0.3 is 11.1 Å². The van der Waals surface area contributed by atoms with Gasteiger partial charge in [-0.05, 0) is 6.42 Å². The van der Waals surface area contributed by atoms with Crippen LogP contribution in [0.15, 0.2) is 6.07 Å². The molecule has 0 unspecified atom stereocenters. The molecule has 0 fully saturated rings. The van der Waals surface area contributed by atoms with Crippen molar-refractivity contribution in [3.63, 3.8) is 0 Å². The molecule has 0 atom stereocenters. The van der Waals surface area contributed by atoms with Gasteiger partial charge in [0.25, 0.3) is 5.69 Å². The molecule has 0 aromatic heterocycles. The molecular weight excluding hydrogens is 297 g/mol. The zero-order valence-corrected chi connectivity index (χ0v) is 10.7. The maximum atomic E-state index is 12.8. The Bertz CT molecular complexity index is 589. The average molecular weight is 308 g/mol. The fourth-order valence-corrected chi connectivity index (χ4v) is 1.66. The zero-order chi connectivity index (χ0) is 16.4. The monoisotopic (exact) mass is 308 g/mol. The Labute approximate surface area is 116 Å². The molecule has 0 heterocycles. The van der Waals surface area contributed by atoms with Gasteiger partial charge in [0.2, 0.25) is 0 Å². The second-order valence-electron chi connectivity index (χ2n) is 4.02. The van der Waals surface area contributed by atoms with Gasteiger partial charge in [-0.15, -0.1) is 0 Å². The third-order valence-corrected chi connectivity index (χ3v) is 2.56. The molecule has 0 saturated heterocycles. The van der Waals surface area contributed by atoms with Crippen LogP contribution in [-0.4, -0.2) is 16.4 Å². The SMILES string of the molecule is CCCNc1c([N+](=O)[O-])cc(C(F)(F)F)c(N)c1[N+](=O)[O-]. The Balaban J connectivity index is 3.73. The number of alkyl halides is 3. The van der Waals surface area contributed by atoms with E-state index in [0.717, 1.165) is 0 Å². The second kappa shape index (κ2) is 5.81. The maximum absolute atomic E-state index is 12.8. The summed E-state index contributed by atoms with van der Waals surface area (Å²) in [4.78, 5) is 19.5. The highest BCUT2D eigenvalue weighted by molar-refractivity contribution is 5.85. The van der Waals surface area contributed by atoms with E-state index in [1.54, 1.807) is 6.92 Å². The lowest BCUT2D eigenvalue weighted by molar-refractivity contribution is -0.392. The molecule has 0 amide bonds. The van der Waals surface area contributed by atoms with E-state index in [0.29, 0.717) is 6.42 Å². The number of nitrogens with two attached hydrogens (primary N) is 1. The lowest BCUT2D eigenvalue weighted by atomic mass is 10.1. The van der Waals surface area contributed by atoms with Crippen LogP contribution in [0.25, 0.3) is 0 Å². The summed E-state index contributed by atoms with van der Waals surface area (Å²) in [5, 5.41) is 24.2. The summed E-state index contributed by atoms with van der Waals surface area (Å²) in [5.41, 5.74) is -0.397. The minimum Gasteiger partial charge on any atom is -0.393 e. The Morgan fingerprint density at radius 3 is 2.24 bits per heavy atom. The summed E-state index contributed by atoms with van der Waals surface area (Å²) < 4.78 is 38.3. The Kier molecular flexibility index (Phi) is 4.55. The highest BCUT2D eigenvalue weighted by Gasteiger charge is 2.41. The molecular formula is C10H11F3N4O4. The van der Waals surface area contributed by atoms with Crippen molar-refractivity contribution in [3.8, 4) is 0 Å². The van der Waals surface area contributed by atoms with Crippen LogP contribution in [-0.2, 0) is 6.18 Å². The highest BCUT2D eigenvalue weighted by atomic mass is 19.4. The van der Waals surface area contributed by atoms with Gasteiger partial charge in [-0.2, -0.15) is 13.2 Å². The number of rotatable bonds is 5. The molecule has 0 aliphatic rings. The van der Waals surface area contributed by atoms with E-state index in [4.69, 9.17) is 5.73 Å². The van der Waals surface area contributed by atoms with Crippen molar-refractivity contribution in [2.45, 2.75) is 19.5 Å². The van der Waals surface area contributed by atoms with Crippen LogP contribution >= 0.6 is 0 Å². The number of halogens is 3. The van der Waals surface area contributed by atoms with Gasteiger partial charge in [0.1, 0.15) is 5.69 Å². The van der Waals surface area contributed by atoms with Crippen LogP contribution in [0.1, 0.15) is 18.9 Å². The van der Waals surface area contributed by atoms with E-state index >= 15 is 0 Å². The van der Waals surface area contributed by atoms with Crippen molar-refractivity contribution in [1.82, 2.24) is 0 Å². The van der Waals surface area contributed by atoms with Crippen molar-refractivity contribution in [1.29, 1.82) is 0 Å². The first-order valence-electron chi connectivity index (χ1n) is 5.67. The number of nitro benzene ring substituents is 2. The first-order chi connectivity index (χ1) is 9.61. The van der Waals surface area contributed by atoms with Crippen LogP contribution in [0.5, 0.6) is 0 Å². The number of anilines is 2. The minimum absolute atomic E-state index is 0.104. The number of nitrogens with one attached hydrogen (secondary N) is 1. The molecule has 1 aromatic carbocycles. The lowest BCUT2D eigenvalue weighted by Crippen LogP contribution is -2.15. The Morgan fingerprint density at radius 2 is 1.86 bits per heavy atom. The molecule has 1 aromatic rings. The summed E-state index contributed by atoms with van der Waals surface area (Å²) in [6.45, 7) is 1.78. The third-order valence-electron chi connectivity index (χ3n) is 2.56. The quantitative estimate of drug-likeness (QED) is 0.489. The van der Waals surface area contributed by atoms with Crippen LogP contribution in [0, 0.1) is 20.2 Å².